The smallest absolute Gasteiger partial charge is 0.340 e. The second-order valence-corrected chi connectivity index (χ2v) is 5.48. The minimum absolute atomic E-state index is 0.342. The number of allylic oxidation sites excluding steroid dienone is 2. The highest BCUT2D eigenvalue weighted by Crippen LogP contribution is 2.28. The molecular weight excluding hydrogens is 250 g/mol. The van der Waals surface area contributed by atoms with E-state index in [-0.39, 0.29) is 5.97 Å². The van der Waals surface area contributed by atoms with Crippen molar-refractivity contribution in [1.82, 2.24) is 0 Å². The molecule has 1 aliphatic rings. The van der Waals surface area contributed by atoms with Crippen LogP contribution >= 0.6 is 0 Å². The van der Waals surface area contributed by atoms with Gasteiger partial charge in [-0.25, -0.2) is 4.79 Å². The predicted molar refractivity (Wildman–Crippen MR) is 81.6 cm³/mol. The fourth-order valence-electron chi connectivity index (χ4n) is 2.76. The van der Waals surface area contributed by atoms with Crippen molar-refractivity contribution >= 4 is 17.9 Å². The lowest BCUT2D eigenvalue weighted by molar-refractivity contribution is 0.0601. The van der Waals surface area contributed by atoms with Crippen molar-refractivity contribution in [3.63, 3.8) is 0 Å². The number of hydrogen-bond acceptors (Lipinski definition) is 3. The van der Waals surface area contributed by atoms with E-state index in [1.807, 2.05) is 24.4 Å². The SMILES string of the molecule is COC(=O)c1ccccc1N=C[C@H]1CC(C)=C[C@@H](C)C1. The van der Waals surface area contributed by atoms with Crippen LogP contribution in [0.4, 0.5) is 5.69 Å². The molecule has 2 atom stereocenters. The molecule has 1 aliphatic carbocycles. The molecule has 0 bridgehead atoms. The molecule has 1 aromatic rings. The van der Waals surface area contributed by atoms with Gasteiger partial charge in [-0.15, -0.1) is 0 Å². The van der Waals surface area contributed by atoms with Crippen LogP contribution in [-0.4, -0.2) is 19.3 Å². The molecule has 1 aromatic carbocycles. The van der Waals surface area contributed by atoms with Crippen molar-refractivity contribution in [3.05, 3.63) is 41.5 Å². The Morgan fingerprint density at radius 1 is 1.40 bits per heavy atom. The molecule has 20 heavy (non-hydrogen) atoms. The Balaban J connectivity index is 2.16. The van der Waals surface area contributed by atoms with Gasteiger partial charge in [0.05, 0.1) is 18.4 Å². The quantitative estimate of drug-likeness (QED) is 0.470. The average molecular weight is 271 g/mol. The van der Waals surface area contributed by atoms with Gasteiger partial charge in [-0.05, 0) is 43.7 Å². The zero-order chi connectivity index (χ0) is 14.5. The number of ether oxygens (including phenoxy) is 1. The van der Waals surface area contributed by atoms with Crippen LogP contribution in [0.15, 0.2) is 40.9 Å². The number of carbonyl (C=O) groups is 1. The van der Waals surface area contributed by atoms with Gasteiger partial charge in [0.2, 0.25) is 0 Å². The number of para-hydroxylation sites is 1. The third-order valence-electron chi connectivity index (χ3n) is 3.56. The van der Waals surface area contributed by atoms with Crippen LogP contribution in [0.2, 0.25) is 0 Å². The van der Waals surface area contributed by atoms with E-state index in [1.165, 1.54) is 12.7 Å². The molecule has 3 heteroatoms. The molecule has 0 radical (unpaired) electrons. The molecule has 0 unspecified atom stereocenters. The Kier molecular flexibility index (Phi) is 4.72. The first-order valence-corrected chi connectivity index (χ1v) is 6.99. The summed E-state index contributed by atoms with van der Waals surface area (Å²) in [5, 5.41) is 0. The van der Waals surface area contributed by atoms with Gasteiger partial charge < -0.3 is 4.74 Å². The zero-order valence-electron chi connectivity index (χ0n) is 12.3. The molecule has 0 N–H and O–H groups in total. The van der Waals surface area contributed by atoms with E-state index in [2.05, 4.69) is 24.9 Å². The average Bonchev–Trinajstić information content (AvgIpc) is 2.43. The van der Waals surface area contributed by atoms with Crippen molar-refractivity contribution in [3.8, 4) is 0 Å². The molecular formula is C17H21NO2. The highest BCUT2D eigenvalue weighted by Gasteiger charge is 2.16. The van der Waals surface area contributed by atoms with E-state index < -0.39 is 0 Å². The summed E-state index contributed by atoms with van der Waals surface area (Å²) in [6, 6.07) is 7.29. The molecule has 0 amide bonds. The summed E-state index contributed by atoms with van der Waals surface area (Å²) in [7, 11) is 1.39. The maximum Gasteiger partial charge on any atom is 0.340 e. The van der Waals surface area contributed by atoms with Gasteiger partial charge in [-0.3, -0.25) is 4.99 Å². The summed E-state index contributed by atoms with van der Waals surface area (Å²) in [4.78, 5) is 16.2. The first-order valence-electron chi connectivity index (χ1n) is 6.99. The predicted octanol–water partition coefficient (Wildman–Crippen LogP) is 4.17. The first kappa shape index (κ1) is 14.5. The Morgan fingerprint density at radius 3 is 2.85 bits per heavy atom. The van der Waals surface area contributed by atoms with Crippen LogP contribution in [0.5, 0.6) is 0 Å². The van der Waals surface area contributed by atoms with Crippen LogP contribution in [0, 0.1) is 11.8 Å². The number of aliphatic imine (C=N–C) groups is 1. The molecule has 0 saturated carbocycles. The third kappa shape index (κ3) is 3.56. The van der Waals surface area contributed by atoms with Gasteiger partial charge >= 0.3 is 5.97 Å². The van der Waals surface area contributed by atoms with Crippen LogP contribution in [0.25, 0.3) is 0 Å². The lowest BCUT2D eigenvalue weighted by Gasteiger charge is -2.22. The highest BCUT2D eigenvalue weighted by atomic mass is 16.5. The van der Waals surface area contributed by atoms with Gasteiger partial charge in [0.15, 0.2) is 0 Å². The molecule has 0 fully saturated rings. The van der Waals surface area contributed by atoms with Gasteiger partial charge in [0.25, 0.3) is 0 Å². The van der Waals surface area contributed by atoms with E-state index in [9.17, 15) is 4.79 Å². The monoisotopic (exact) mass is 271 g/mol. The van der Waals surface area contributed by atoms with E-state index >= 15 is 0 Å². The van der Waals surface area contributed by atoms with Crippen LogP contribution in [0.3, 0.4) is 0 Å². The summed E-state index contributed by atoms with van der Waals surface area (Å²) >= 11 is 0. The number of methoxy groups -OCH3 is 1. The topological polar surface area (TPSA) is 38.7 Å². The summed E-state index contributed by atoms with van der Waals surface area (Å²) in [5.74, 6) is 0.697. The minimum atomic E-state index is -0.342. The van der Waals surface area contributed by atoms with Crippen molar-refractivity contribution in [2.45, 2.75) is 26.7 Å². The number of hydrogen-bond donors (Lipinski definition) is 0. The largest absolute Gasteiger partial charge is 0.465 e. The Labute approximate surface area is 120 Å². The Hall–Kier alpha value is -1.90. The summed E-state index contributed by atoms with van der Waals surface area (Å²) < 4.78 is 4.78. The van der Waals surface area contributed by atoms with Gasteiger partial charge in [-0.2, -0.15) is 0 Å². The highest BCUT2D eigenvalue weighted by molar-refractivity contribution is 5.95. The van der Waals surface area contributed by atoms with Gasteiger partial charge in [0.1, 0.15) is 0 Å². The van der Waals surface area contributed by atoms with E-state index in [4.69, 9.17) is 4.74 Å². The number of nitrogens with zero attached hydrogens (tertiary/aromatic N) is 1. The Bertz CT molecular complexity index is 546. The molecule has 0 heterocycles. The number of carbonyl (C=O) groups excluding carboxylic acids is 1. The fraction of sp³-hybridized carbons (Fsp3) is 0.412. The van der Waals surface area contributed by atoms with Crippen molar-refractivity contribution < 1.29 is 9.53 Å². The third-order valence-corrected chi connectivity index (χ3v) is 3.56. The summed E-state index contributed by atoms with van der Waals surface area (Å²) in [6.07, 6.45) is 6.47. The second-order valence-electron chi connectivity index (χ2n) is 5.48. The fourth-order valence-corrected chi connectivity index (χ4v) is 2.76. The van der Waals surface area contributed by atoms with Crippen LogP contribution < -0.4 is 0 Å². The molecule has 0 spiro atoms. The first-order chi connectivity index (χ1) is 9.60. The number of rotatable bonds is 3. The molecule has 3 nitrogen and oxygen atoms in total. The molecule has 2 rings (SSSR count). The van der Waals surface area contributed by atoms with Crippen LogP contribution in [0.1, 0.15) is 37.0 Å². The maximum atomic E-state index is 11.7. The lowest BCUT2D eigenvalue weighted by atomic mass is 9.84. The summed E-state index contributed by atoms with van der Waals surface area (Å²) in [6.45, 7) is 4.39. The maximum absolute atomic E-state index is 11.7. The van der Waals surface area contributed by atoms with Crippen LogP contribution in [-0.2, 0) is 4.74 Å². The van der Waals surface area contributed by atoms with Gasteiger partial charge in [0, 0.05) is 6.21 Å². The standard InChI is InChI=1S/C17H21NO2/c1-12-8-13(2)10-14(9-12)11-18-16-7-5-4-6-15(16)17(19)20-3/h4-8,11-12,14H,9-10H2,1-3H3/t12-,14-/m1/s1. The number of esters is 1. The summed E-state index contributed by atoms with van der Waals surface area (Å²) in [5.41, 5.74) is 2.61. The number of benzene rings is 1. The van der Waals surface area contributed by atoms with E-state index in [0.29, 0.717) is 23.1 Å². The Morgan fingerprint density at radius 2 is 2.15 bits per heavy atom. The second kappa shape index (κ2) is 6.51. The van der Waals surface area contributed by atoms with Gasteiger partial charge in [-0.1, -0.05) is 30.7 Å². The zero-order valence-corrected chi connectivity index (χ0v) is 12.3. The molecule has 106 valence electrons. The minimum Gasteiger partial charge on any atom is -0.465 e. The molecule has 0 aromatic heterocycles. The van der Waals surface area contributed by atoms with Crippen molar-refractivity contribution in [1.29, 1.82) is 0 Å². The molecule has 0 aliphatic heterocycles. The van der Waals surface area contributed by atoms with Crippen molar-refractivity contribution in [2.75, 3.05) is 7.11 Å². The van der Waals surface area contributed by atoms with E-state index in [1.54, 1.807) is 6.07 Å². The normalized spacial score (nSPS) is 22.6. The van der Waals surface area contributed by atoms with Crippen molar-refractivity contribution in [2.24, 2.45) is 16.8 Å². The lowest BCUT2D eigenvalue weighted by Crippen LogP contribution is -2.12. The van der Waals surface area contributed by atoms with E-state index in [0.717, 1.165) is 12.8 Å². The molecule has 0 saturated heterocycles.